The predicted octanol–water partition coefficient (Wildman–Crippen LogP) is 4.05. The Morgan fingerprint density at radius 3 is 2.76 bits per heavy atom. The molecule has 0 unspecified atom stereocenters. The molecule has 122 valence electrons. The third kappa shape index (κ3) is 2.84. The van der Waals surface area contributed by atoms with Crippen molar-refractivity contribution in [3.8, 4) is 11.8 Å². The number of rotatable bonds is 4. The molecular formula is C18H14N6S. The Kier molecular flexibility index (Phi) is 3.88. The Hall–Kier alpha value is -3.24. The molecular weight excluding hydrogens is 332 g/mol. The van der Waals surface area contributed by atoms with Crippen molar-refractivity contribution in [2.24, 2.45) is 0 Å². The smallest absolute Gasteiger partial charge is 0.101 e. The van der Waals surface area contributed by atoms with Crippen LogP contribution in [0.2, 0.25) is 0 Å². The van der Waals surface area contributed by atoms with E-state index in [-0.39, 0.29) is 0 Å². The molecule has 2 heterocycles. The average Bonchev–Trinajstić information content (AvgIpc) is 3.32. The lowest BCUT2D eigenvalue weighted by Gasteiger charge is -2.09. The van der Waals surface area contributed by atoms with Crippen LogP contribution in [0.3, 0.4) is 0 Å². The highest BCUT2D eigenvalue weighted by Crippen LogP contribution is 2.31. The van der Waals surface area contributed by atoms with Crippen molar-refractivity contribution < 1.29 is 0 Å². The number of benzene rings is 2. The van der Waals surface area contributed by atoms with Gasteiger partial charge in [0.2, 0.25) is 0 Å². The number of H-pyrrole nitrogens is 1. The summed E-state index contributed by atoms with van der Waals surface area (Å²) in [4.78, 5) is 4.27. The van der Waals surface area contributed by atoms with E-state index in [0.717, 1.165) is 32.7 Å². The lowest BCUT2D eigenvalue weighted by molar-refractivity contribution is 0.802. The van der Waals surface area contributed by atoms with Gasteiger partial charge in [-0.2, -0.15) is 5.26 Å². The molecule has 0 spiro atoms. The van der Waals surface area contributed by atoms with Gasteiger partial charge in [-0.15, -0.1) is 5.10 Å². The summed E-state index contributed by atoms with van der Waals surface area (Å²) in [6.45, 7) is 2.01. The third-order valence-corrected chi connectivity index (χ3v) is 4.80. The first kappa shape index (κ1) is 15.3. The molecule has 0 aliphatic rings. The van der Waals surface area contributed by atoms with E-state index in [2.05, 4.69) is 26.1 Å². The fourth-order valence-corrected chi connectivity index (χ4v) is 3.39. The van der Waals surface area contributed by atoms with Gasteiger partial charge in [0.15, 0.2) is 0 Å². The molecule has 4 rings (SSSR count). The minimum absolute atomic E-state index is 0.665. The second kappa shape index (κ2) is 6.34. The molecule has 2 aromatic heterocycles. The van der Waals surface area contributed by atoms with Crippen molar-refractivity contribution in [3.63, 3.8) is 0 Å². The zero-order valence-corrected chi connectivity index (χ0v) is 14.2. The van der Waals surface area contributed by atoms with Crippen molar-refractivity contribution in [3.05, 3.63) is 66.1 Å². The Morgan fingerprint density at radius 1 is 1.20 bits per heavy atom. The number of hydrogen-bond acceptors (Lipinski definition) is 5. The van der Waals surface area contributed by atoms with Gasteiger partial charge in [-0.1, -0.05) is 11.3 Å². The van der Waals surface area contributed by atoms with Gasteiger partial charge in [0.1, 0.15) is 6.07 Å². The minimum Gasteiger partial charge on any atom is -0.358 e. The van der Waals surface area contributed by atoms with Gasteiger partial charge in [0.25, 0.3) is 0 Å². The Balaban J connectivity index is 1.56. The molecule has 2 N–H and O–H groups in total. The first-order valence-electron chi connectivity index (χ1n) is 7.66. The molecule has 4 aromatic rings. The largest absolute Gasteiger partial charge is 0.358 e. The zero-order valence-electron chi connectivity index (χ0n) is 13.4. The summed E-state index contributed by atoms with van der Waals surface area (Å²) >= 11 is 1.52. The lowest BCUT2D eigenvalue weighted by atomic mass is 10.1. The first-order valence-corrected chi connectivity index (χ1v) is 8.48. The van der Waals surface area contributed by atoms with Gasteiger partial charge in [0.05, 0.1) is 34.8 Å². The summed E-state index contributed by atoms with van der Waals surface area (Å²) in [6, 6.07) is 14.3. The van der Waals surface area contributed by atoms with E-state index in [9.17, 15) is 5.26 Å². The van der Waals surface area contributed by atoms with E-state index < -0.39 is 0 Å². The van der Waals surface area contributed by atoms with Crippen LogP contribution in [-0.2, 0) is 0 Å². The Labute approximate surface area is 148 Å². The van der Waals surface area contributed by atoms with Crippen molar-refractivity contribution in [2.45, 2.75) is 11.8 Å². The SMILES string of the molecule is Cc1ccc(NSc2ccc(-n3ccnn3)cc2)c2[nH]cc(C#N)c12. The standard InChI is InChI=1S/C18H14N6S/c1-12-2-7-16(18-17(12)13(10-19)11-20-18)22-25-15-5-3-14(4-6-15)24-9-8-21-23-24/h2-9,11,20,22H,1H3. The van der Waals surface area contributed by atoms with Crippen LogP contribution in [0.4, 0.5) is 5.69 Å². The predicted molar refractivity (Wildman–Crippen MR) is 98.6 cm³/mol. The zero-order chi connectivity index (χ0) is 17.2. The minimum atomic E-state index is 0.665. The number of nitriles is 1. The van der Waals surface area contributed by atoms with E-state index >= 15 is 0 Å². The van der Waals surface area contributed by atoms with Crippen molar-refractivity contribution in [1.82, 2.24) is 20.0 Å². The molecule has 0 atom stereocenters. The molecule has 0 saturated carbocycles. The number of aromatic nitrogens is 4. The summed E-state index contributed by atoms with van der Waals surface area (Å²) in [6.07, 6.45) is 5.21. The van der Waals surface area contributed by atoms with Crippen LogP contribution in [-0.4, -0.2) is 20.0 Å². The summed E-state index contributed by atoms with van der Waals surface area (Å²) in [5, 5.41) is 18.0. The van der Waals surface area contributed by atoms with Gasteiger partial charge in [-0.05, 0) is 54.8 Å². The molecule has 7 heteroatoms. The van der Waals surface area contributed by atoms with Gasteiger partial charge >= 0.3 is 0 Å². The van der Waals surface area contributed by atoms with Gasteiger partial charge < -0.3 is 9.71 Å². The molecule has 25 heavy (non-hydrogen) atoms. The van der Waals surface area contributed by atoms with Crippen molar-refractivity contribution in [2.75, 3.05) is 4.72 Å². The van der Waals surface area contributed by atoms with Crippen LogP contribution in [0.5, 0.6) is 0 Å². The molecule has 0 aliphatic heterocycles. The van der Waals surface area contributed by atoms with Gasteiger partial charge in [0, 0.05) is 16.5 Å². The number of nitrogens with zero attached hydrogens (tertiary/aromatic N) is 4. The van der Waals surface area contributed by atoms with Crippen LogP contribution < -0.4 is 4.72 Å². The van der Waals surface area contributed by atoms with E-state index in [4.69, 9.17) is 0 Å². The van der Waals surface area contributed by atoms with Crippen LogP contribution in [0.25, 0.3) is 16.6 Å². The average molecular weight is 346 g/mol. The normalized spacial score (nSPS) is 10.7. The molecule has 0 saturated heterocycles. The highest BCUT2D eigenvalue weighted by atomic mass is 32.2. The molecule has 6 nitrogen and oxygen atoms in total. The van der Waals surface area contributed by atoms with Crippen LogP contribution in [0, 0.1) is 18.3 Å². The number of fused-ring (bicyclic) bond motifs is 1. The van der Waals surface area contributed by atoms with Crippen LogP contribution in [0.15, 0.2) is 59.9 Å². The van der Waals surface area contributed by atoms with E-state index in [1.807, 2.05) is 43.3 Å². The fraction of sp³-hybridized carbons (Fsp3) is 0.0556. The topological polar surface area (TPSA) is 82.3 Å². The molecule has 0 bridgehead atoms. The Morgan fingerprint density at radius 2 is 2.04 bits per heavy atom. The van der Waals surface area contributed by atoms with Gasteiger partial charge in [-0.25, -0.2) is 4.68 Å². The summed E-state index contributed by atoms with van der Waals surface area (Å²) in [7, 11) is 0. The third-order valence-electron chi connectivity index (χ3n) is 3.97. The highest BCUT2D eigenvalue weighted by molar-refractivity contribution is 8.00. The van der Waals surface area contributed by atoms with Crippen LogP contribution >= 0.6 is 11.9 Å². The molecule has 0 fully saturated rings. The van der Waals surface area contributed by atoms with Crippen molar-refractivity contribution in [1.29, 1.82) is 5.26 Å². The fourth-order valence-electron chi connectivity index (χ4n) is 2.72. The maximum atomic E-state index is 9.24. The quantitative estimate of drug-likeness (QED) is 0.545. The number of anilines is 1. The van der Waals surface area contributed by atoms with E-state index in [1.54, 1.807) is 23.3 Å². The number of nitrogens with one attached hydrogen (secondary N) is 2. The maximum absolute atomic E-state index is 9.24. The lowest BCUT2D eigenvalue weighted by Crippen LogP contribution is -1.95. The number of aryl methyl sites for hydroxylation is 1. The molecule has 0 amide bonds. The van der Waals surface area contributed by atoms with E-state index in [1.165, 1.54) is 11.9 Å². The number of aromatic amines is 1. The molecule has 0 radical (unpaired) electrons. The summed E-state index contributed by atoms with van der Waals surface area (Å²) in [5.41, 5.74) is 4.61. The Bertz CT molecular complexity index is 1060. The second-order valence-corrected chi connectivity index (χ2v) is 6.42. The highest BCUT2D eigenvalue weighted by Gasteiger charge is 2.10. The summed E-state index contributed by atoms with van der Waals surface area (Å²) in [5.74, 6) is 0. The second-order valence-electron chi connectivity index (χ2n) is 5.54. The molecule has 0 aliphatic carbocycles. The number of hydrogen-bond donors (Lipinski definition) is 2. The summed E-state index contributed by atoms with van der Waals surface area (Å²) < 4.78 is 5.08. The van der Waals surface area contributed by atoms with Gasteiger partial charge in [-0.3, -0.25) is 0 Å². The molecule has 2 aromatic carbocycles. The monoisotopic (exact) mass is 346 g/mol. The van der Waals surface area contributed by atoms with Crippen molar-refractivity contribution >= 4 is 28.5 Å². The van der Waals surface area contributed by atoms with Crippen LogP contribution in [0.1, 0.15) is 11.1 Å². The maximum Gasteiger partial charge on any atom is 0.101 e. The van der Waals surface area contributed by atoms with E-state index in [0.29, 0.717) is 5.56 Å². The first-order chi connectivity index (χ1) is 12.3.